The third-order valence-electron chi connectivity index (χ3n) is 4.89. The van der Waals surface area contributed by atoms with Crippen LogP contribution in [0.5, 0.6) is 0 Å². The smallest absolute Gasteiger partial charge is 0.251 e. The van der Waals surface area contributed by atoms with Crippen molar-refractivity contribution in [2.45, 2.75) is 19.4 Å². The van der Waals surface area contributed by atoms with Gasteiger partial charge in [-0.3, -0.25) is 14.9 Å². The Morgan fingerprint density at radius 2 is 1.53 bits per heavy atom. The molecule has 1 heterocycles. The molecule has 7 heteroatoms. The van der Waals surface area contributed by atoms with Crippen LogP contribution < -0.4 is 10.6 Å². The van der Waals surface area contributed by atoms with Crippen molar-refractivity contribution in [3.05, 3.63) is 102 Å². The topological polar surface area (TPSA) is 84.0 Å². The van der Waals surface area contributed by atoms with Crippen LogP contribution in [0.15, 0.2) is 84.9 Å². The number of nitrogens with zero attached hydrogens (tertiary/aromatic N) is 2. The standard InChI is InChI=1S/C25H22N4O2S/c1-17-12-14-19(15-13-17)22(30)26-21(16-18-8-4-2-5-9-18)23(31)27-25-29-28-24(32-25)20-10-6-3-7-11-20/h2-15,21H,16H2,1H3,(H,26,30)(H,27,29,31). The van der Waals surface area contributed by atoms with Gasteiger partial charge in [-0.1, -0.05) is 89.7 Å². The fourth-order valence-corrected chi connectivity index (χ4v) is 3.92. The summed E-state index contributed by atoms with van der Waals surface area (Å²) in [6.45, 7) is 1.96. The number of aromatic nitrogens is 2. The van der Waals surface area contributed by atoms with E-state index < -0.39 is 6.04 Å². The molecule has 0 saturated carbocycles. The van der Waals surface area contributed by atoms with Gasteiger partial charge in [-0.15, -0.1) is 10.2 Å². The second-order valence-electron chi connectivity index (χ2n) is 7.35. The minimum Gasteiger partial charge on any atom is -0.340 e. The van der Waals surface area contributed by atoms with E-state index in [-0.39, 0.29) is 11.8 Å². The zero-order valence-electron chi connectivity index (χ0n) is 17.5. The molecule has 1 atom stereocenters. The number of hydrogen-bond donors (Lipinski definition) is 2. The van der Waals surface area contributed by atoms with Crippen LogP contribution >= 0.6 is 11.3 Å². The van der Waals surface area contributed by atoms with Crippen LogP contribution in [-0.2, 0) is 11.2 Å². The van der Waals surface area contributed by atoms with Gasteiger partial charge in [0.1, 0.15) is 11.0 Å². The highest BCUT2D eigenvalue weighted by Crippen LogP contribution is 2.26. The number of amides is 2. The van der Waals surface area contributed by atoms with Gasteiger partial charge in [-0.05, 0) is 24.6 Å². The maximum atomic E-state index is 13.1. The van der Waals surface area contributed by atoms with Gasteiger partial charge >= 0.3 is 0 Å². The number of rotatable bonds is 7. The van der Waals surface area contributed by atoms with E-state index in [1.54, 1.807) is 12.1 Å². The zero-order valence-corrected chi connectivity index (χ0v) is 18.3. The van der Waals surface area contributed by atoms with Crippen LogP contribution in [0.1, 0.15) is 21.5 Å². The average Bonchev–Trinajstić information content (AvgIpc) is 3.29. The third-order valence-corrected chi connectivity index (χ3v) is 5.78. The normalized spacial score (nSPS) is 11.5. The number of carbonyl (C=O) groups is 2. The minimum atomic E-state index is -0.768. The molecule has 32 heavy (non-hydrogen) atoms. The van der Waals surface area contributed by atoms with Crippen molar-refractivity contribution in [2.24, 2.45) is 0 Å². The van der Waals surface area contributed by atoms with Crippen LogP contribution in [0.2, 0.25) is 0 Å². The first-order chi connectivity index (χ1) is 15.6. The third kappa shape index (κ3) is 5.44. The summed E-state index contributed by atoms with van der Waals surface area (Å²) in [5.74, 6) is -0.645. The molecule has 2 N–H and O–H groups in total. The highest BCUT2D eigenvalue weighted by Gasteiger charge is 2.23. The van der Waals surface area contributed by atoms with E-state index in [0.717, 1.165) is 16.7 Å². The van der Waals surface area contributed by atoms with Crippen LogP contribution in [0.4, 0.5) is 5.13 Å². The van der Waals surface area contributed by atoms with Crippen molar-refractivity contribution >= 4 is 28.3 Å². The van der Waals surface area contributed by atoms with E-state index in [2.05, 4.69) is 20.8 Å². The second-order valence-corrected chi connectivity index (χ2v) is 8.33. The van der Waals surface area contributed by atoms with Gasteiger partial charge in [-0.2, -0.15) is 0 Å². The summed E-state index contributed by atoms with van der Waals surface area (Å²) in [7, 11) is 0. The Morgan fingerprint density at radius 3 is 2.22 bits per heavy atom. The molecule has 0 aliphatic carbocycles. The molecule has 0 aliphatic rings. The van der Waals surface area contributed by atoms with Crippen LogP contribution in [0.3, 0.4) is 0 Å². The van der Waals surface area contributed by atoms with E-state index in [1.165, 1.54) is 11.3 Å². The molecule has 0 saturated heterocycles. The summed E-state index contributed by atoms with van der Waals surface area (Å²) in [4.78, 5) is 25.9. The molecule has 3 aromatic carbocycles. The largest absolute Gasteiger partial charge is 0.340 e. The quantitative estimate of drug-likeness (QED) is 0.442. The zero-order chi connectivity index (χ0) is 22.3. The summed E-state index contributed by atoms with van der Waals surface area (Å²) >= 11 is 1.29. The maximum absolute atomic E-state index is 13.1. The lowest BCUT2D eigenvalue weighted by atomic mass is 10.0. The molecule has 160 valence electrons. The van der Waals surface area contributed by atoms with Gasteiger partial charge in [0.2, 0.25) is 11.0 Å². The number of aryl methyl sites for hydroxylation is 1. The molecule has 1 aromatic heterocycles. The molecule has 4 aromatic rings. The molecular formula is C25H22N4O2S. The number of nitrogens with one attached hydrogen (secondary N) is 2. The molecule has 0 bridgehead atoms. The maximum Gasteiger partial charge on any atom is 0.251 e. The Hall–Kier alpha value is -3.84. The second kappa shape index (κ2) is 9.98. The van der Waals surface area contributed by atoms with Crippen molar-refractivity contribution in [3.8, 4) is 10.6 Å². The van der Waals surface area contributed by atoms with Crippen molar-refractivity contribution in [2.75, 3.05) is 5.32 Å². The highest BCUT2D eigenvalue weighted by molar-refractivity contribution is 7.18. The molecule has 0 spiro atoms. The van der Waals surface area contributed by atoms with Crippen molar-refractivity contribution in [1.29, 1.82) is 0 Å². The molecule has 1 unspecified atom stereocenters. The average molecular weight is 443 g/mol. The molecule has 0 radical (unpaired) electrons. The van der Waals surface area contributed by atoms with E-state index >= 15 is 0 Å². The molecular weight excluding hydrogens is 420 g/mol. The van der Waals surface area contributed by atoms with Gasteiger partial charge in [0.15, 0.2) is 0 Å². The molecule has 0 fully saturated rings. The first-order valence-electron chi connectivity index (χ1n) is 10.2. The lowest BCUT2D eigenvalue weighted by Gasteiger charge is -2.18. The monoisotopic (exact) mass is 442 g/mol. The van der Waals surface area contributed by atoms with E-state index in [1.807, 2.05) is 79.7 Å². The van der Waals surface area contributed by atoms with Gasteiger partial charge in [-0.25, -0.2) is 0 Å². The first kappa shape index (κ1) is 21.4. The van der Waals surface area contributed by atoms with E-state index in [0.29, 0.717) is 22.1 Å². The van der Waals surface area contributed by atoms with E-state index in [4.69, 9.17) is 0 Å². The van der Waals surface area contributed by atoms with Gasteiger partial charge < -0.3 is 5.32 Å². The fraction of sp³-hybridized carbons (Fsp3) is 0.120. The molecule has 6 nitrogen and oxygen atoms in total. The number of hydrogen-bond acceptors (Lipinski definition) is 5. The first-order valence-corrected chi connectivity index (χ1v) is 11.0. The summed E-state index contributed by atoms with van der Waals surface area (Å²) in [6, 6.07) is 25.7. The van der Waals surface area contributed by atoms with Gasteiger partial charge in [0.05, 0.1) is 0 Å². The summed E-state index contributed by atoms with van der Waals surface area (Å²) in [5.41, 5.74) is 3.44. The van der Waals surface area contributed by atoms with Crippen molar-refractivity contribution in [1.82, 2.24) is 15.5 Å². The lowest BCUT2D eigenvalue weighted by molar-refractivity contribution is -0.118. The minimum absolute atomic E-state index is 0.302. The van der Waals surface area contributed by atoms with Crippen LogP contribution in [0, 0.1) is 6.92 Å². The Morgan fingerprint density at radius 1 is 0.875 bits per heavy atom. The number of benzene rings is 3. The van der Waals surface area contributed by atoms with Crippen LogP contribution in [-0.4, -0.2) is 28.1 Å². The van der Waals surface area contributed by atoms with E-state index in [9.17, 15) is 9.59 Å². The fourth-order valence-electron chi connectivity index (χ4n) is 3.17. The summed E-state index contributed by atoms with van der Waals surface area (Å²) in [5, 5.41) is 15.0. The molecule has 4 rings (SSSR count). The Kier molecular flexibility index (Phi) is 6.67. The van der Waals surface area contributed by atoms with Gasteiger partial charge in [0.25, 0.3) is 5.91 Å². The molecule has 0 aliphatic heterocycles. The van der Waals surface area contributed by atoms with Crippen molar-refractivity contribution < 1.29 is 9.59 Å². The highest BCUT2D eigenvalue weighted by atomic mass is 32.1. The summed E-state index contributed by atoms with van der Waals surface area (Å²) < 4.78 is 0. The molecule has 2 amide bonds. The Bertz CT molecular complexity index is 1190. The predicted octanol–water partition coefficient (Wildman–Crippen LogP) is 4.49. The van der Waals surface area contributed by atoms with Crippen LogP contribution in [0.25, 0.3) is 10.6 Å². The van der Waals surface area contributed by atoms with Gasteiger partial charge in [0, 0.05) is 17.5 Å². The summed E-state index contributed by atoms with van der Waals surface area (Å²) in [6.07, 6.45) is 0.356. The number of carbonyl (C=O) groups excluding carboxylic acids is 2. The SMILES string of the molecule is Cc1ccc(C(=O)NC(Cc2ccccc2)C(=O)Nc2nnc(-c3ccccc3)s2)cc1. The Balaban J connectivity index is 1.51. The predicted molar refractivity (Wildman–Crippen MR) is 127 cm³/mol. The number of anilines is 1. The lowest BCUT2D eigenvalue weighted by Crippen LogP contribution is -2.45. The van der Waals surface area contributed by atoms with Crippen molar-refractivity contribution in [3.63, 3.8) is 0 Å². The Labute approximate surface area is 190 Å².